The van der Waals surface area contributed by atoms with Crippen LogP contribution in [0.25, 0.3) is 0 Å². The van der Waals surface area contributed by atoms with Gasteiger partial charge in [-0.25, -0.2) is 4.79 Å². The second-order valence-electron chi connectivity index (χ2n) is 5.38. The SMILES string of the molecule is Cc1cc(C)c(OCc2ccccc2)c(OCC(=O)OCCCl)c1. The zero-order valence-electron chi connectivity index (χ0n) is 13.9. The molecule has 0 aromatic heterocycles. The van der Waals surface area contributed by atoms with Gasteiger partial charge in [0.05, 0.1) is 5.88 Å². The summed E-state index contributed by atoms with van der Waals surface area (Å²) < 4.78 is 16.4. The topological polar surface area (TPSA) is 44.8 Å². The van der Waals surface area contributed by atoms with Crippen LogP contribution in [0.2, 0.25) is 0 Å². The highest BCUT2D eigenvalue weighted by Gasteiger charge is 2.13. The lowest BCUT2D eigenvalue weighted by Gasteiger charge is -2.16. The number of halogens is 1. The quantitative estimate of drug-likeness (QED) is 0.533. The standard InChI is InChI=1S/C19H21ClO4/c1-14-10-15(2)19(24-12-16-6-4-3-5-7-16)17(11-14)23-13-18(21)22-9-8-20/h3-7,10-11H,8-9,12-13H2,1-2H3. The van der Waals surface area contributed by atoms with Gasteiger partial charge in [0, 0.05) is 0 Å². The normalized spacial score (nSPS) is 10.3. The highest BCUT2D eigenvalue weighted by Crippen LogP contribution is 2.33. The fourth-order valence-corrected chi connectivity index (χ4v) is 2.35. The van der Waals surface area contributed by atoms with E-state index >= 15 is 0 Å². The van der Waals surface area contributed by atoms with E-state index in [2.05, 4.69) is 0 Å². The molecule has 0 saturated carbocycles. The summed E-state index contributed by atoms with van der Waals surface area (Å²) in [5.74, 6) is 0.977. The van der Waals surface area contributed by atoms with Crippen molar-refractivity contribution in [1.29, 1.82) is 0 Å². The summed E-state index contributed by atoms with van der Waals surface area (Å²) in [6, 6.07) is 13.7. The maximum atomic E-state index is 11.6. The summed E-state index contributed by atoms with van der Waals surface area (Å²) in [6.07, 6.45) is 0. The molecule has 0 saturated heterocycles. The van der Waals surface area contributed by atoms with Gasteiger partial charge in [0.25, 0.3) is 0 Å². The van der Waals surface area contributed by atoms with E-state index in [9.17, 15) is 4.79 Å². The molecule has 0 unspecified atom stereocenters. The van der Waals surface area contributed by atoms with Gasteiger partial charge < -0.3 is 14.2 Å². The second-order valence-corrected chi connectivity index (χ2v) is 5.76. The van der Waals surface area contributed by atoms with E-state index in [4.69, 9.17) is 25.8 Å². The molecule has 0 aliphatic carbocycles. The van der Waals surface area contributed by atoms with E-state index in [1.807, 2.05) is 56.3 Å². The predicted molar refractivity (Wildman–Crippen MR) is 93.9 cm³/mol. The monoisotopic (exact) mass is 348 g/mol. The molecular weight excluding hydrogens is 328 g/mol. The Kier molecular flexibility index (Phi) is 6.94. The Labute approximate surface area is 147 Å². The minimum atomic E-state index is -0.455. The van der Waals surface area contributed by atoms with Gasteiger partial charge >= 0.3 is 5.97 Å². The van der Waals surface area contributed by atoms with Crippen molar-refractivity contribution in [3.05, 3.63) is 59.2 Å². The molecule has 5 heteroatoms. The van der Waals surface area contributed by atoms with Crippen LogP contribution in [0.15, 0.2) is 42.5 Å². The molecule has 0 heterocycles. The van der Waals surface area contributed by atoms with Crippen LogP contribution >= 0.6 is 11.6 Å². The number of ether oxygens (including phenoxy) is 3. The van der Waals surface area contributed by atoms with E-state index in [0.717, 1.165) is 16.7 Å². The number of aryl methyl sites for hydroxylation is 2. The molecule has 128 valence electrons. The molecule has 0 spiro atoms. The molecule has 2 rings (SSSR count). The van der Waals surface area contributed by atoms with Gasteiger partial charge in [0.1, 0.15) is 13.2 Å². The zero-order chi connectivity index (χ0) is 17.4. The van der Waals surface area contributed by atoms with Crippen molar-refractivity contribution in [2.75, 3.05) is 19.1 Å². The van der Waals surface area contributed by atoms with Crippen molar-refractivity contribution in [3.8, 4) is 11.5 Å². The van der Waals surface area contributed by atoms with Gasteiger partial charge in [-0.2, -0.15) is 0 Å². The number of esters is 1. The molecule has 0 aliphatic heterocycles. The Morgan fingerprint density at radius 3 is 2.54 bits per heavy atom. The molecule has 0 aliphatic rings. The van der Waals surface area contributed by atoms with Gasteiger partial charge in [-0.05, 0) is 36.6 Å². The predicted octanol–water partition coefficient (Wildman–Crippen LogP) is 4.04. The first-order chi connectivity index (χ1) is 11.6. The Morgan fingerprint density at radius 2 is 1.83 bits per heavy atom. The summed E-state index contributed by atoms with van der Waals surface area (Å²) in [7, 11) is 0. The Bertz CT molecular complexity index is 671. The maximum Gasteiger partial charge on any atom is 0.344 e. The van der Waals surface area contributed by atoms with Gasteiger partial charge in [-0.1, -0.05) is 36.4 Å². The van der Waals surface area contributed by atoms with Crippen LogP contribution in [0.1, 0.15) is 16.7 Å². The summed E-state index contributed by atoms with van der Waals surface area (Å²) in [4.78, 5) is 11.6. The number of alkyl halides is 1. The minimum Gasteiger partial charge on any atom is -0.485 e. The average Bonchev–Trinajstić information content (AvgIpc) is 2.58. The summed E-state index contributed by atoms with van der Waals surface area (Å²) in [6.45, 7) is 4.34. The minimum absolute atomic E-state index is 0.175. The molecule has 2 aromatic carbocycles. The van der Waals surface area contributed by atoms with Crippen LogP contribution < -0.4 is 9.47 Å². The number of hydrogen-bond acceptors (Lipinski definition) is 4. The number of carbonyl (C=O) groups is 1. The van der Waals surface area contributed by atoms with Crippen molar-refractivity contribution < 1.29 is 19.0 Å². The van der Waals surface area contributed by atoms with E-state index in [-0.39, 0.29) is 19.1 Å². The van der Waals surface area contributed by atoms with E-state index in [0.29, 0.717) is 18.1 Å². The lowest BCUT2D eigenvalue weighted by Crippen LogP contribution is -2.16. The molecular formula is C19H21ClO4. The zero-order valence-corrected chi connectivity index (χ0v) is 14.6. The lowest BCUT2D eigenvalue weighted by atomic mass is 10.1. The molecule has 0 N–H and O–H groups in total. The van der Waals surface area contributed by atoms with Gasteiger partial charge in [-0.3, -0.25) is 0 Å². The van der Waals surface area contributed by atoms with Gasteiger partial charge in [-0.15, -0.1) is 11.6 Å². The molecule has 0 bridgehead atoms. The molecule has 0 radical (unpaired) electrons. The fraction of sp³-hybridized carbons (Fsp3) is 0.316. The number of hydrogen-bond donors (Lipinski definition) is 0. The van der Waals surface area contributed by atoms with Crippen LogP contribution in [0.5, 0.6) is 11.5 Å². The largest absolute Gasteiger partial charge is 0.485 e. The van der Waals surface area contributed by atoms with Crippen LogP contribution in [0.3, 0.4) is 0 Å². The molecule has 0 amide bonds. The summed E-state index contributed by atoms with van der Waals surface area (Å²) >= 11 is 5.49. The van der Waals surface area contributed by atoms with Gasteiger partial charge in [0.2, 0.25) is 0 Å². The third-order valence-corrected chi connectivity index (χ3v) is 3.45. The van der Waals surface area contributed by atoms with E-state index < -0.39 is 5.97 Å². The second kappa shape index (κ2) is 9.18. The van der Waals surface area contributed by atoms with Crippen molar-refractivity contribution in [3.63, 3.8) is 0 Å². The third kappa shape index (κ3) is 5.46. The lowest BCUT2D eigenvalue weighted by molar-refractivity contribution is -0.145. The Morgan fingerprint density at radius 1 is 1.08 bits per heavy atom. The molecule has 4 nitrogen and oxygen atoms in total. The number of rotatable bonds is 8. The van der Waals surface area contributed by atoms with Crippen LogP contribution in [-0.2, 0) is 16.1 Å². The molecule has 2 aromatic rings. The maximum absolute atomic E-state index is 11.6. The van der Waals surface area contributed by atoms with Crippen LogP contribution in [0.4, 0.5) is 0 Å². The first-order valence-corrected chi connectivity index (χ1v) is 8.26. The number of benzene rings is 2. The highest BCUT2D eigenvalue weighted by atomic mass is 35.5. The molecule has 0 atom stereocenters. The molecule has 24 heavy (non-hydrogen) atoms. The van der Waals surface area contributed by atoms with E-state index in [1.54, 1.807) is 0 Å². The molecule has 0 fully saturated rings. The first kappa shape index (κ1) is 18.1. The average molecular weight is 349 g/mol. The summed E-state index contributed by atoms with van der Waals surface area (Å²) in [5, 5.41) is 0. The van der Waals surface area contributed by atoms with Crippen molar-refractivity contribution in [2.24, 2.45) is 0 Å². The first-order valence-electron chi connectivity index (χ1n) is 7.72. The Hall–Kier alpha value is -2.20. The van der Waals surface area contributed by atoms with Crippen molar-refractivity contribution in [1.82, 2.24) is 0 Å². The van der Waals surface area contributed by atoms with Crippen LogP contribution in [-0.4, -0.2) is 25.1 Å². The Balaban J connectivity index is 2.07. The highest BCUT2D eigenvalue weighted by molar-refractivity contribution is 6.18. The van der Waals surface area contributed by atoms with Crippen molar-refractivity contribution in [2.45, 2.75) is 20.5 Å². The van der Waals surface area contributed by atoms with Crippen LogP contribution in [0, 0.1) is 13.8 Å². The fourth-order valence-electron chi connectivity index (χ4n) is 2.27. The number of carbonyl (C=O) groups excluding carboxylic acids is 1. The smallest absolute Gasteiger partial charge is 0.344 e. The van der Waals surface area contributed by atoms with Crippen molar-refractivity contribution >= 4 is 17.6 Å². The van der Waals surface area contributed by atoms with E-state index in [1.165, 1.54) is 0 Å². The third-order valence-electron chi connectivity index (χ3n) is 3.30. The van der Waals surface area contributed by atoms with Gasteiger partial charge in [0.15, 0.2) is 18.1 Å². The summed E-state index contributed by atoms with van der Waals surface area (Å²) in [5.41, 5.74) is 3.05.